The Morgan fingerprint density at radius 1 is 1.06 bits per heavy atom. The third-order valence-electron chi connectivity index (χ3n) is 5.62. The Morgan fingerprint density at radius 2 is 1.82 bits per heavy atom. The zero-order chi connectivity index (χ0) is 22.9. The molecule has 1 atom stereocenters. The number of thiophene rings is 1. The number of rotatable bonds is 5. The van der Waals surface area contributed by atoms with Crippen LogP contribution in [0.1, 0.15) is 30.0 Å². The van der Waals surface area contributed by atoms with E-state index in [0.29, 0.717) is 11.7 Å². The standard InChI is InChI=1S/C25H22N4O3S/c1-15-6-10-18(11-7-15)29-16(2)21(24-27-23(28-32-24)20-5-4-14-33-20)22(26-25(29)30)17-8-12-19(31-3)13-9-17/h4-14,22H,1-3H3,(H,26,30). The minimum absolute atomic E-state index is 0.223. The molecule has 0 saturated carbocycles. The summed E-state index contributed by atoms with van der Waals surface area (Å²) in [6, 6.07) is 18.6. The average molecular weight is 459 g/mol. The first kappa shape index (κ1) is 21.0. The smallest absolute Gasteiger partial charge is 0.326 e. The number of ether oxygens (including phenoxy) is 1. The lowest BCUT2D eigenvalue weighted by Crippen LogP contribution is -2.46. The van der Waals surface area contributed by atoms with Crippen molar-refractivity contribution in [3.05, 3.63) is 88.8 Å². The summed E-state index contributed by atoms with van der Waals surface area (Å²) in [6.45, 7) is 3.91. The molecule has 2 aromatic heterocycles. The molecule has 7 nitrogen and oxygen atoms in total. The van der Waals surface area contributed by atoms with Gasteiger partial charge >= 0.3 is 6.03 Å². The third-order valence-corrected chi connectivity index (χ3v) is 6.49. The molecule has 0 spiro atoms. The second kappa shape index (κ2) is 8.55. The molecule has 1 aliphatic heterocycles. The van der Waals surface area contributed by atoms with Gasteiger partial charge in [-0.1, -0.05) is 41.1 Å². The Kier molecular flexibility index (Phi) is 5.43. The predicted octanol–water partition coefficient (Wildman–Crippen LogP) is 5.82. The lowest BCUT2D eigenvalue weighted by atomic mass is 9.94. The van der Waals surface area contributed by atoms with E-state index in [9.17, 15) is 4.79 Å². The molecular weight excluding hydrogens is 436 g/mol. The highest BCUT2D eigenvalue weighted by atomic mass is 32.1. The molecule has 1 unspecified atom stereocenters. The molecule has 166 valence electrons. The van der Waals surface area contributed by atoms with Crippen LogP contribution in [0.15, 0.2) is 76.3 Å². The Morgan fingerprint density at radius 3 is 2.48 bits per heavy atom. The maximum absolute atomic E-state index is 13.3. The number of methoxy groups -OCH3 is 1. The number of aromatic nitrogens is 2. The van der Waals surface area contributed by atoms with Crippen molar-refractivity contribution in [2.45, 2.75) is 19.9 Å². The summed E-state index contributed by atoms with van der Waals surface area (Å²) in [4.78, 5) is 20.5. The van der Waals surface area contributed by atoms with E-state index in [1.807, 2.05) is 79.9 Å². The molecule has 2 aromatic carbocycles. The first-order valence-electron chi connectivity index (χ1n) is 10.4. The van der Waals surface area contributed by atoms with Gasteiger partial charge in [-0.2, -0.15) is 4.98 Å². The van der Waals surface area contributed by atoms with Crippen LogP contribution in [0.25, 0.3) is 16.3 Å². The van der Waals surface area contributed by atoms with Crippen molar-refractivity contribution >= 4 is 28.6 Å². The minimum Gasteiger partial charge on any atom is -0.497 e. The number of carbonyl (C=O) groups is 1. The molecule has 0 aliphatic carbocycles. The quantitative estimate of drug-likeness (QED) is 0.408. The number of amides is 2. The van der Waals surface area contributed by atoms with Gasteiger partial charge in [-0.25, -0.2) is 4.79 Å². The minimum atomic E-state index is -0.457. The normalized spacial score (nSPS) is 16.2. The largest absolute Gasteiger partial charge is 0.497 e. The van der Waals surface area contributed by atoms with Gasteiger partial charge in [0.1, 0.15) is 5.75 Å². The second-order valence-corrected chi connectivity index (χ2v) is 8.67. The summed E-state index contributed by atoms with van der Waals surface area (Å²) in [5.41, 5.74) is 4.24. The molecular formula is C25H22N4O3S. The fourth-order valence-electron chi connectivity index (χ4n) is 3.91. The lowest BCUT2D eigenvalue weighted by molar-refractivity contribution is 0.244. The molecule has 0 saturated heterocycles. The maximum Gasteiger partial charge on any atom is 0.326 e. The first-order chi connectivity index (χ1) is 16.0. The molecule has 0 fully saturated rings. The van der Waals surface area contributed by atoms with Crippen molar-refractivity contribution < 1.29 is 14.1 Å². The van der Waals surface area contributed by atoms with Crippen molar-refractivity contribution in [1.29, 1.82) is 0 Å². The Hall–Kier alpha value is -3.91. The van der Waals surface area contributed by atoms with E-state index in [-0.39, 0.29) is 6.03 Å². The molecule has 8 heteroatoms. The number of anilines is 1. The highest BCUT2D eigenvalue weighted by Crippen LogP contribution is 2.39. The van der Waals surface area contributed by atoms with E-state index in [1.165, 1.54) is 0 Å². The Balaban J connectivity index is 1.64. The summed E-state index contributed by atoms with van der Waals surface area (Å²) in [5, 5.41) is 9.28. The maximum atomic E-state index is 13.3. The average Bonchev–Trinajstić information content (AvgIpc) is 3.52. The number of hydrogen-bond acceptors (Lipinski definition) is 6. The molecule has 1 N–H and O–H groups in total. The van der Waals surface area contributed by atoms with Crippen LogP contribution in [0.5, 0.6) is 5.75 Å². The van der Waals surface area contributed by atoms with Gasteiger partial charge in [0.05, 0.1) is 29.3 Å². The Labute approximate surface area is 195 Å². The van der Waals surface area contributed by atoms with E-state index in [0.717, 1.165) is 38.7 Å². The van der Waals surface area contributed by atoms with E-state index in [4.69, 9.17) is 9.26 Å². The number of benzene rings is 2. The van der Waals surface area contributed by atoms with Crippen LogP contribution in [0, 0.1) is 6.92 Å². The zero-order valence-electron chi connectivity index (χ0n) is 18.4. The van der Waals surface area contributed by atoms with Crippen molar-refractivity contribution in [3.63, 3.8) is 0 Å². The lowest BCUT2D eigenvalue weighted by Gasteiger charge is -2.35. The van der Waals surface area contributed by atoms with Crippen LogP contribution in [0.2, 0.25) is 0 Å². The predicted molar refractivity (Wildman–Crippen MR) is 128 cm³/mol. The summed E-state index contributed by atoms with van der Waals surface area (Å²) >= 11 is 1.54. The van der Waals surface area contributed by atoms with Gasteiger partial charge in [0.25, 0.3) is 5.89 Å². The third kappa shape index (κ3) is 3.89. The summed E-state index contributed by atoms with van der Waals surface area (Å²) in [5.74, 6) is 1.63. The monoisotopic (exact) mass is 458 g/mol. The van der Waals surface area contributed by atoms with Gasteiger partial charge in [-0.3, -0.25) is 4.90 Å². The number of carbonyl (C=O) groups excluding carboxylic acids is 1. The van der Waals surface area contributed by atoms with Crippen molar-refractivity contribution in [3.8, 4) is 16.5 Å². The van der Waals surface area contributed by atoms with Crippen LogP contribution in [0.4, 0.5) is 10.5 Å². The number of hydrogen-bond donors (Lipinski definition) is 1. The molecule has 33 heavy (non-hydrogen) atoms. The van der Waals surface area contributed by atoms with Crippen LogP contribution >= 0.6 is 11.3 Å². The Bertz CT molecular complexity index is 1310. The highest BCUT2D eigenvalue weighted by molar-refractivity contribution is 7.13. The van der Waals surface area contributed by atoms with Gasteiger partial charge < -0.3 is 14.6 Å². The SMILES string of the molecule is COc1ccc(C2NC(=O)N(c3ccc(C)cc3)C(C)=C2c2nc(-c3cccs3)no2)cc1. The van der Waals surface area contributed by atoms with Crippen LogP contribution in [0.3, 0.4) is 0 Å². The number of aryl methyl sites for hydroxylation is 1. The summed E-state index contributed by atoms with van der Waals surface area (Å²) < 4.78 is 11.0. The molecule has 2 amide bonds. The molecule has 5 rings (SSSR count). The summed E-state index contributed by atoms with van der Waals surface area (Å²) in [7, 11) is 1.62. The van der Waals surface area contributed by atoms with E-state index >= 15 is 0 Å². The second-order valence-electron chi connectivity index (χ2n) is 7.73. The van der Waals surface area contributed by atoms with Crippen molar-refractivity contribution in [2.24, 2.45) is 0 Å². The van der Waals surface area contributed by atoms with Gasteiger partial charge in [0, 0.05) is 5.70 Å². The van der Waals surface area contributed by atoms with Crippen LogP contribution in [-0.4, -0.2) is 23.3 Å². The number of urea groups is 1. The van der Waals surface area contributed by atoms with Gasteiger partial charge in [-0.15, -0.1) is 11.3 Å². The van der Waals surface area contributed by atoms with Gasteiger partial charge in [0.2, 0.25) is 5.82 Å². The fourth-order valence-corrected chi connectivity index (χ4v) is 4.56. The van der Waals surface area contributed by atoms with Crippen molar-refractivity contribution in [1.82, 2.24) is 15.5 Å². The van der Waals surface area contributed by atoms with E-state index in [1.54, 1.807) is 23.3 Å². The fraction of sp³-hybridized carbons (Fsp3) is 0.160. The van der Waals surface area contributed by atoms with Crippen molar-refractivity contribution in [2.75, 3.05) is 12.0 Å². The number of nitrogens with zero attached hydrogens (tertiary/aromatic N) is 3. The van der Waals surface area contributed by atoms with Gasteiger partial charge in [-0.05, 0) is 55.1 Å². The van der Waals surface area contributed by atoms with Crippen LogP contribution in [-0.2, 0) is 0 Å². The number of nitrogens with one attached hydrogen (secondary N) is 1. The summed E-state index contributed by atoms with van der Waals surface area (Å²) in [6.07, 6.45) is 0. The molecule has 4 aromatic rings. The van der Waals surface area contributed by atoms with Gasteiger partial charge in [0.15, 0.2) is 0 Å². The topological polar surface area (TPSA) is 80.5 Å². The van der Waals surface area contributed by atoms with E-state index in [2.05, 4.69) is 15.5 Å². The van der Waals surface area contributed by atoms with Crippen LogP contribution < -0.4 is 15.0 Å². The molecule has 3 heterocycles. The van der Waals surface area contributed by atoms with E-state index < -0.39 is 6.04 Å². The highest BCUT2D eigenvalue weighted by Gasteiger charge is 2.36. The first-order valence-corrected chi connectivity index (χ1v) is 11.3. The number of allylic oxidation sites excluding steroid dienone is 1. The molecule has 0 radical (unpaired) electrons. The zero-order valence-corrected chi connectivity index (χ0v) is 19.2. The molecule has 0 bridgehead atoms. The molecule has 1 aliphatic rings.